The van der Waals surface area contributed by atoms with Crippen molar-refractivity contribution in [1.29, 1.82) is 0 Å². The molecule has 6 rings (SSSR count). The third-order valence-electron chi connectivity index (χ3n) is 9.77. The van der Waals surface area contributed by atoms with Gasteiger partial charge in [-0.1, -0.05) is 50.2 Å². The van der Waals surface area contributed by atoms with Crippen LogP contribution in [0.5, 0.6) is 0 Å². The molecule has 0 spiro atoms. The van der Waals surface area contributed by atoms with Gasteiger partial charge < -0.3 is 33.1 Å². The molecule has 296 valence electrons. The summed E-state index contributed by atoms with van der Waals surface area (Å²) < 4.78 is 68.2. The zero-order valence-electron chi connectivity index (χ0n) is 32.0. The first-order valence-corrected chi connectivity index (χ1v) is 21.7. The number of hydrogen-bond acceptors (Lipinski definition) is 12. The van der Waals surface area contributed by atoms with Gasteiger partial charge in [0.1, 0.15) is 11.6 Å². The zero-order chi connectivity index (χ0) is 40.0. The quantitative estimate of drug-likeness (QED) is 0.162. The first-order valence-electron chi connectivity index (χ1n) is 17.8. The summed E-state index contributed by atoms with van der Waals surface area (Å²) in [6, 6.07) is 10.9. The second kappa shape index (κ2) is 15.0. The Balaban J connectivity index is 1.31. The lowest BCUT2D eigenvalue weighted by Gasteiger charge is -2.38. The molecule has 1 N–H and O–H groups in total. The number of benzene rings is 2. The van der Waals surface area contributed by atoms with Crippen LogP contribution in [0, 0.1) is 0 Å². The predicted molar refractivity (Wildman–Crippen MR) is 200 cm³/mol. The number of rotatable bonds is 9. The number of amides is 2. The van der Waals surface area contributed by atoms with Crippen molar-refractivity contribution in [3.05, 3.63) is 59.8 Å². The number of alkyl carbamates (subject to hydrolysis) is 1. The minimum absolute atomic E-state index is 0.00561. The van der Waals surface area contributed by atoms with Gasteiger partial charge in [0.2, 0.25) is 11.7 Å². The highest BCUT2D eigenvalue weighted by Crippen LogP contribution is 2.43. The van der Waals surface area contributed by atoms with E-state index in [0.29, 0.717) is 41.3 Å². The van der Waals surface area contributed by atoms with Gasteiger partial charge in [0.25, 0.3) is 11.8 Å². The number of hydrogen-bond donors (Lipinski definition) is 1. The summed E-state index contributed by atoms with van der Waals surface area (Å²) >= 11 is 1.39. The predicted octanol–water partition coefficient (Wildman–Crippen LogP) is 8.37. The molecule has 2 aromatic carbocycles. The van der Waals surface area contributed by atoms with E-state index in [4.69, 9.17) is 18.3 Å². The van der Waals surface area contributed by atoms with Crippen molar-refractivity contribution >= 4 is 37.8 Å². The third-order valence-corrected chi connectivity index (χ3v) is 15.4. The Bertz CT molecular complexity index is 2020. The van der Waals surface area contributed by atoms with E-state index in [-0.39, 0.29) is 35.7 Å². The van der Waals surface area contributed by atoms with Crippen LogP contribution < -0.4 is 10.2 Å². The maximum atomic E-state index is 14.3. The summed E-state index contributed by atoms with van der Waals surface area (Å²) in [6.45, 7) is 16.9. The van der Waals surface area contributed by atoms with Crippen LogP contribution in [0.15, 0.2) is 56.3 Å². The van der Waals surface area contributed by atoms with Crippen LogP contribution in [0.2, 0.25) is 18.1 Å². The average Bonchev–Trinajstić information content (AvgIpc) is 3.88. The summed E-state index contributed by atoms with van der Waals surface area (Å²) in [6.07, 6.45) is -4.04. The van der Waals surface area contributed by atoms with Crippen LogP contribution in [-0.4, -0.2) is 71.3 Å². The summed E-state index contributed by atoms with van der Waals surface area (Å²) in [7, 11) is -2.13. The molecule has 1 unspecified atom stereocenters. The van der Waals surface area contributed by atoms with E-state index in [9.17, 15) is 22.8 Å². The van der Waals surface area contributed by atoms with E-state index in [2.05, 4.69) is 64.0 Å². The molecule has 0 bridgehead atoms. The fourth-order valence-corrected chi connectivity index (χ4v) is 7.81. The molecule has 13 nitrogen and oxygen atoms in total. The molecule has 1 fully saturated rings. The Labute approximate surface area is 322 Å². The number of fused-ring (bicyclic) bond motifs is 1. The molecule has 0 aliphatic carbocycles. The molecule has 2 aliphatic heterocycles. The van der Waals surface area contributed by atoms with Gasteiger partial charge >= 0.3 is 18.2 Å². The number of ether oxygens (including phenoxy) is 2. The summed E-state index contributed by atoms with van der Waals surface area (Å²) in [5.74, 6) is -1.31. The van der Waals surface area contributed by atoms with Crippen LogP contribution >= 0.6 is 11.8 Å². The van der Waals surface area contributed by atoms with Crippen molar-refractivity contribution in [2.24, 2.45) is 0 Å². The molecular formula is C37H45F3N6O7SSi. The lowest BCUT2D eigenvalue weighted by molar-refractivity contribution is -0.159. The highest BCUT2D eigenvalue weighted by molar-refractivity contribution is 7.99. The second-order valence-corrected chi connectivity index (χ2v) is 22.0. The summed E-state index contributed by atoms with van der Waals surface area (Å²) in [5, 5.41) is 15.0. The van der Waals surface area contributed by atoms with E-state index in [1.807, 2.05) is 12.1 Å². The van der Waals surface area contributed by atoms with Gasteiger partial charge in [-0.15, -0.1) is 22.0 Å². The van der Waals surface area contributed by atoms with E-state index in [1.165, 1.54) is 16.7 Å². The molecule has 1 saturated heterocycles. The molecule has 2 amide bonds. The van der Waals surface area contributed by atoms with Gasteiger partial charge in [0.15, 0.2) is 13.9 Å². The molecule has 18 heteroatoms. The first-order chi connectivity index (χ1) is 25.6. The zero-order valence-corrected chi connectivity index (χ0v) is 33.8. The number of carbonyl (C=O) groups excluding carboxylic acids is 2. The highest BCUT2D eigenvalue weighted by Gasteiger charge is 2.47. The third kappa shape index (κ3) is 9.08. The molecular weight excluding hydrogens is 758 g/mol. The van der Waals surface area contributed by atoms with Crippen LogP contribution in [0.25, 0.3) is 22.8 Å². The van der Waals surface area contributed by atoms with Crippen molar-refractivity contribution in [3.8, 4) is 22.8 Å². The van der Waals surface area contributed by atoms with Crippen molar-refractivity contribution in [2.45, 2.75) is 107 Å². The summed E-state index contributed by atoms with van der Waals surface area (Å²) in [4.78, 5) is 32.9. The Morgan fingerprint density at radius 2 is 1.76 bits per heavy atom. The number of nitrogens with one attached hydrogen (secondary N) is 1. The molecule has 2 aliphatic rings. The Morgan fingerprint density at radius 1 is 1.05 bits per heavy atom. The number of thioether (sulfide) groups is 1. The lowest BCUT2D eigenvalue weighted by Crippen LogP contribution is -2.50. The lowest BCUT2D eigenvalue weighted by atomic mass is 10.0. The van der Waals surface area contributed by atoms with Crippen LogP contribution in [-0.2, 0) is 37.0 Å². The maximum Gasteiger partial charge on any atom is 0.471 e. The molecule has 2 aromatic heterocycles. The maximum absolute atomic E-state index is 14.3. The highest BCUT2D eigenvalue weighted by atomic mass is 32.2. The van der Waals surface area contributed by atoms with E-state index >= 15 is 0 Å². The minimum atomic E-state index is -4.78. The number of nitrogens with zero attached hydrogens (tertiary/aromatic N) is 5. The van der Waals surface area contributed by atoms with Crippen molar-refractivity contribution in [1.82, 2.24) is 25.7 Å². The fourth-order valence-electron chi connectivity index (χ4n) is 5.73. The van der Waals surface area contributed by atoms with Crippen LogP contribution in [0.4, 0.5) is 23.7 Å². The smallest absolute Gasteiger partial charge is 0.444 e. The minimum Gasteiger partial charge on any atom is -0.444 e. The fraction of sp³-hybridized carbons (Fsp3) is 0.514. The van der Waals surface area contributed by atoms with Crippen LogP contribution in [0.1, 0.15) is 71.7 Å². The average molecular weight is 803 g/mol. The molecule has 4 heterocycles. The topological polar surface area (TPSA) is 155 Å². The number of carbonyl (C=O) groups is 2. The Hall–Kier alpha value is -4.26. The molecule has 0 radical (unpaired) electrons. The monoisotopic (exact) mass is 802 g/mol. The molecule has 0 saturated carbocycles. The largest absolute Gasteiger partial charge is 0.471 e. The van der Waals surface area contributed by atoms with Gasteiger partial charge in [0, 0.05) is 28.4 Å². The van der Waals surface area contributed by atoms with Gasteiger partial charge in [-0.25, -0.2) is 4.79 Å². The van der Waals surface area contributed by atoms with Crippen molar-refractivity contribution in [2.75, 3.05) is 23.9 Å². The van der Waals surface area contributed by atoms with Gasteiger partial charge in [-0.3, -0.25) is 4.79 Å². The number of alkyl halides is 3. The molecule has 4 aromatic rings. The Kier molecular flexibility index (Phi) is 11.0. The second-order valence-electron chi connectivity index (χ2n) is 16.1. The van der Waals surface area contributed by atoms with Gasteiger partial charge in [-0.2, -0.15) is 18.2 Å². The first kappa shape index (κ1) is 40.4. The number of halogens is 3. The van der Waals surface area contributed by atoms with Crippen molar-refractivity contribution in [3.63, 3.8) is 0 Å². The van der Waals surface area contributed by atoms with Crippen molar-refractivity contribution < 1.29 is 45.6 Å². The van der Waals surface area contributed by atoms with Gasteiger partial charge in [0.05, 0.1) is 18.8 Å². The number of anilines is 1. The Morgan fingerprint density at radius 3 is 2.38 bits per heavy atom. The van der Waals surface area contributed by atoms with Crippen LogP contribution in [0.3, 0.4) is 0 Å². The normalized spacial score (nSPS) is 19.7. The van der Waals surface area contributed by atoms with E-state index in [0.717, 1.165) is 11.3 Å². The van der Waals surface area contributed by atoms with Gasteiger partial charge in [-0.05, 0) is 75.5 Å². The summed E-state index contributed by atoms with van der Waals surface area (Å²) in [5.41, 5.74) is 0.349. The molecule has 2 atom stereocenters. The molecule has 55 heavy (non-hydrogen) atoms. The standard InChI is InChI=1S/C37H45F3N6O7SSi/c1-34(2,3)52-33(48)41-25-20-54-27-15-14-24(29-43-44-31(51-29)36(16-9-17-49-36)21-50-55(7,8)35(4,5)6)18-26(27)46(30(25)47)19-22-10-12-23(13-11-22)28-42-32(53-45-28)37(38,39)40/h10-15,18,25H,9,16-17,19-21H2,1-8H3,(H,41,48)/t25-,36?/m0/s1. The number of aromatic nitrogens is 4. The van der Waals surface area contributed by atoms with E-state index < -0.39 is 49.6 Å². The SMILES string of the molecule is CC(C)(C)OC(=O)N[C@H]1CSc2ccc(-c3nnc(C4(CO[Si](C)(C)C(C)(C)C)CCCO4)o3)cc2N(Cc2ccc(-c3noc(C(F)(F)F)n3)cc2)C1=O. The van der Waals surface area contributed by atoms with E-state index in [1.54, 1.807) is 51.1 Å².